The van der Waals surface area contributed by atoms with E-state index in [-0.39, 0.29) is 23.4 Å². The number of thiol groups is 1. The number of carbonyl (C=O) groups is 1. The van der Waals surface area contributed by atoms with Crippen molar-refractivity contribution in [1.82, 2.24) is 5.32 Å². The van der Waals surface area contributed by atoms with Gasteiger partial charge in [-0.2, -0.15) is 25.8 Å². The second-order valence-electron chi connectivity index (χ2n) is 4.33. The van der Waals surface area contributed by atoms with E-state index in [1.807, 2.05) is 0 Å². The Balaban J connectivity index is 2.31. The second-order valence-corrected chi connectivity index (χ2v) is 4.99. The van der Waals surface area contributed by atoms with Gasteiger partial charge in [-0.3, -0.25) is 4.79 Å². The SMILES string of the molecule is CNC1C(=O)N(c2cccc(C(F)(F)F)c2)CC1S. The number of nitrogens with zero attached hydrogens (tertiary/aromatic N) is 1. The van der Waals surface area contributed by atoms with Crippen molar-refractivity contribution < 1.29 is 18.0 Å². The Labute approximate surface area is 114 Å². The number of likely N-dealkylation sites (N-methyl/N-ethyl adjacent to an activating group) is 1. The zero-order valence-electron chi connectivity index (χ0n) is 10.1. The van der Waals surface area contributed by atoms with Crippen LogP contribution in [0.5, 0.6) is 0 Å². The van der Waals surface area contributed by atoms with Gasteiger partial charge in [0.15, 0.2) is 0 Å². The molecule has 0 aromatic heterocycles. The summed E-state index contributed by atoms with van der Waals surface area (Å²) in [6, 6.07) is 4.28. The molecule has 1 heterocycles. The van der Waals surface area contributed by atoms with Crippen LogP contribution in [0.3, 0.4) is 0 Å². The van der Waals surface area contributed by atoms with Crippen molar-refractivity contribution >= 4 is 24.2 Å². The number of nitrogens with one attached hydrogen (secondary N) is 1. The maximum atomic E-state index is 12.6. The van der Waals surface area contributed by atoms with Crippen molar-refractivity contribution in [3.63, 3.8) is 0 Å². The number of amides is 1. The lowest BCUT2D eigenvalue weighted by Gasteiger charge is -2.18. The molecule has 0 spiro atoms. The Hall–Kier alpha value is -1.21. The molecule has 1 aromatic carbocycles. The summed E-state index contributed by atoms with van der Waals surface area (Å²) in [5.74, 6) is -0.262. The third kappa shape index (κ3) is 2.71. The number of benzene rings is 1. The highest BCUT2D eigenvalue weighted by Gasteiger charge is 2.39. The Bertz CT molecular complexity index is 492. The minimum absolute atomic E-state index is 0.243. The van der Waals surface area contributed by atoms with E-state index in [1.54, 1.807) is 7.05 Å². The summed E-state index contributed by atoms with van der Waals surface area (Å²) >= 11 is 4.27. The molecule has 1 N–H and O–H groups in total. The maximum absolute atomic E-state index is 12.6. The van der Waals surface area contributed by atoms with E-state index < -0.39 is 17.8 Å². The fourth-order valence-electron chi connectivity index (χ4n) is 2.11. The highest BCUT2D eigenvalue weighted by molar-refractivity contribution is 7.81. The summed E-state index contributed by atoms with van der Waals surface area (Å²) in [6.45, 7) is 0.286. The molecule has 2 atom stereocenters. The number of anilines is 1. The fraction of sp³-hybridized carbons (Fsp3) is 0.417. The summed E-state index contributed by atoms with van der Waals surface area (Å²) in [4.78, 5) is 13.4. The minimum atomic E-state index is -4.42. The number of carbonyl (C=O) groups excluding carboxylic acids is 1. The van der Waals surface area contributed by atoms with Crippen LogP contribution >= 0.6 is 12.6 Å². The Morgan fingerprint density at radius 3 is 2.63 bits per heavy atom. The van der Waals surface area contributed by atoms with Crippen molar-refractivity contribution in [2.45, 2.75) is 17.5 Å². The van der Waals surface area contributed by atoms with Gasteiger partial charge in [0.05, 0.1) is 5.56 Å². The van der Waals surface area contributed by atoms with Crippen LogP contribution < -0.4 is 10.2 Å². The fourth-order valence-corrected chi connectivity index (χ4v) is 2.55. The van der Waals surface area contributed by atoms with Gasteiger partial charge in [0, 0.05) is 17.5 Å². The Morgan fingerprint density at radius 1 is 1.42 bits per heavy atom. The van der Waals surface area contributed by atoms with E-state index in [0.717, 1.165) is 12.1 Å². The largest absolute Gasteiger partial charge is 0.416 e. The van der Waals surface area contributed by atoms with Crippen LogP contribution in [-0.2, 0) is 11.0 Å². The van der Waals surface area contributed by atoms with Gasteiger partial charge in [-0.15, -0.1) is 0 Å². The molecular weight excluding hydrogens is 277 g/mol. The molecule has 0 aliphatic carbocycles. The number of rotatable bonds is 2. The van der Waals surface area contributed by atoms with Crippen LogP contribution in [-0.4, -0.2) is 30.8 Å². The van der Waals surface area contributed by atoms with Crippen molar-refractivity contribution in [3.8, 4) is 0 Å². The summed E-state index contributed by atoms with van der Waals surface area (Å²) in [6.07, 6.45) is -4.42. The molecule has 104 valence electrons. The van der Waals surface area contributed by atoms with Crippen LogP contribution in [0, 0.1) is 0 Å². The van der Waals surface area contributed by atoms with Crippen molar-refractivity contribution in [1.29, 1.82) is 0 Å². The van der Waals surface area contributed by atoms with Gasteiger partial charge in [-0.05, 0) is 25.2 Å². The Morgan fingerprint density at radius 2 is 2.11 bits per heavy atom. The summed E-state index contributed by atoms with van der Waals surface area (Å²) in [5.41, 5.74) is -0.516. The first-order valence-electron chi connectivity index (χ1n) is 5.68. The van der Waals surface area contributed by atoms with E-state index >= 15 is 0 Å². The smallest absolute Gasteiger partial charge is 0.310 e. The first-order valence-corrected chi connectivity index (χ1v) is 6.20. The highest BCUT2D eigenvalue weighted by atomic mass is 32.1. The van der Waals surface area contributed by atoms with E-state index in [2.05, 4.69) is 17.9 Å². The van der Waals surface area contributed by atoms with Crippen LogP contribution in [0.15, 0.2) is 24.3 Å². The van der Waals surface area contributed by atoms with Crippen LogP contribution in [0.4, 0.5) is 18.9 Å². The van der Waals surface area contributed by atoms with Gasteiger partial charge in [-0.1, -0.05) is 6.07 Å². The van der Waals surface area contributed by atoms with Gasteiger partial charge in [0.25, 0.3) is 0 Å². The van der Waals surface area contributed by atoms with E-state index in [0.29, 0.717) is 0 Å². The molecule has 1 aliphatic rings. The molecular formula is C12H13F3N2OS. The molecule has 19 heavy (non-hydrogen) atoms. The third-order valence-corrected chi connectivity index (χ3v) is 3.54. The van der Waals surface area contributed by atoms with Crippen LogP contribution in [0.2, 0.25) is 0 Å². The molecule has 1 fully saturated rings. The monoisotopic (exact) mass is 290 g/mol. The molecule has 1 aliphatic heterocycles. The summed E-state index contributed by atoms with van der Waals surface area (Å²) < 4.78 is 37.9. The van der Waals surface area contributed by atoms with Gasteiger partial charge in [0.2, 0.25) is 5.91 Å². The molecule has 2 rings (SSSR count). The molecule has 1 aromatic rings. The molecule has 1 amide bonds. The first-order chi connectivity index (χ1) is 8.84. The minimum Gasteiger partial charge on any atom is -0.310 e. The highest BCUT2D eigenvalue weighted by Crippen LogP contribution is 2.33. The molecule has 3 nitrogen and oxygen atoms in total. The van der Waals surface area contributed by atoms with Gasteiger partial charge < -0.3 is 10.2 Å². The van der Waals surface area contributed by atoms with Gasteiger partial charge in [-0.25, -0.2) is 0 Å². The average molecular weight is 290 g/mol. The topological polar surface area (TPSA) is 32.3 Å². The standard InChI is InChI=1S/C12H13F3N2OS/c1-16-10-9(19)6-17(11(10)18)8-4-2-3-7(5-8)12(13,14)15/h2-5,9-10,16,19H,6H2,1H3. The molecule has 7 heteroatoms. The zero-order chi connectivity index (χ0) is 14.2. The van der Waals surface area contributed by atoms with Crippen molar-refractivity contribution in [3.05, 3.63) is 29.8 Å². The van der Waals surface area contributed by atoms with Gasteiger partial charge >= 0.3 is 6.18 Å². The van der Waals surface area contributed by atoms with Crippen molar-refractivity contribution in [2.24, 2.45) is 0 Å². The van der Waals surface area contributed by atoms with Crippen LogP contribution in [0.25, 0.3) is 0 Å². The summed E-state index contributed by atoms with van der Waals surface area (Å²) in [7, 11) is 1.63. The lowest BCUT2D eigenvalue weighted by Crippen LogP contribution is -2.39. The Kier molecular flexibility index (Phi) is 3.78. The molecule has 0 saturated carbocycles. The number of hydrogen-bond donors (Lipinski definition) is 2. The zero-order valence-corrected chi connectivity index (χ0v) is 11.0. The third-order valence-electron chi connectivity index (χ3n) is 3.08. The predicted octanol–water partition coefficient (Wildman–Crippen LogP) is 1.94. The summed E-state index contributed by atoms with van der Waals surface area (Å²) in [5, 5.41) is 2.57. The molecule has 2 unspecified atom stereocenters. The van der Waals surface area contributed by atoms with Gasteiger partial charge in [0.1, 0.15) is 6.04 Å². The number of halogens is 3. The lowest BCUT2D eigenvalue weighted by atomic mass is 10.2. The number of alkyl halides is 3. The first kappa shape index (κ1) is 14.2. The second kappa shape index (κ2) is 5.05. The molecule has 0 bridgehead atoms. The molecule has 1 saturated heterocycles. The van der Waals surface area contributed by atoms with E-state index in [9.17, 15) is 18.0 Å². The predicted molar refractivity (Wildman–Crippen MR) is 69.4 cm³/mol. The van der Waals surface area contributed by atoms with Crippen LogP contribution in [0.1, 0.15) is 5.56 Å². The maximum Gasteiger partial charge on any atom is 0.416 e. The lowest BCUT2D eigenvalue weighted by molar-refractivity contribution is -0.137. The normalized spacial score (nSPS) is 24.1. The van der Waals surface area contributed by atoms with E-state index in [1.165, 1.54) is 17.0 Å². The van der Waals surface area contributed by atoms with Crippen molar-refractivity contribution in [2.75, 3.05) is 18.5 Å². The quantitative estimate of drug-likeness (QED) is 0.816. The average Bonchev–Trinajstić information content (AvgIpc) is 2.63. The molecule has 0 radical (unpaired) electrons. The van der Waals surface area contributed by atoms with E-state index in [4.69, 9.17) is 0 Å². The number of hydrogen-bond acceptors (Lipinski definition) is 3.